The van der Waals surface area contributed by atoms with E-state index in [-0.39, 0.29) is 23.2 Å². The molecule has 0 bridgehead atoms. The monoisotopic (exact) mass is 615 g/mol. The Hall–Kier alpha value is -2.93. The molecule has 4 heterocycles. The van der Waals surface area contributed by atoms with Crippen molar-refractivity contribution < 1.29 is 17.9 Å². The molecule has 3 fully saturated rings. The second kappa shape index (κ2) is 12.0. The average molecular weight is 616 g/mol. The van der Waals surface area contributed by atoms with Gasteiger partial charge in [0.2, 0.25) is 10.0 Å². The summed E-state index contributed by atoms with van der Waals surface area (Å²) in [7, 11) is -1.58. The highest BCUT2D eigenvalue weighted by atomic mass is 35.5. The average Bonchev–Trinajstić information content (AvgIpc) is 3.64. The van der Waals surface area contributed by atoms with Crippen molar-refractivity contribution in [2.75, 3.05) is 55.8 Å². The molecule has 1 unspecified atom stereocenters. The van der Waals surface area contributed by atoms with Crippen LogP contribution in [0, 0.1) is 0 Å². The molecular weight excluding hydrogens is 578 g/mol. The smallest absolute Gasteiger partial charge is 0.256 e. The quantitative estimate of drug-likeness (QED) is 0.412. The highest BCUT2D eigenvalue weighted by Crippen LogP contribution is 2.37. The van der Waals surface area contributed by atoms with Crippen molar-refractivity contribution in [3.63, 3.8) is 0 Å². The molecule has 11 nitrogen and oxygen atoms in total. The van der Waals surface area contributed by atoms with Crippen LogP contribution in [-0.2, 0) is 14.8 Å². The van der Waals surface area contributed by atoms with E-state index in [0.717, 1.165) is 80.7 Å². The summed E-state index contributed by atoms with van der Waals surface area (Å²) in [5.41, 5.74) is 3.07. The molecule has 1 aromatic carbocycles. The number of nitrogens with zero attached hydrogens (tertiary/aromatic N) is 5. The molecule has 1 amide bonds. The van der Waals surface area contributed by atoms with E-state index in [4.69, 9.17) is 26.4 Å². The van der Waals surface area contributed by atoms with Gasteiger partial charge in [-0.05, 0) is 63.8 Å². The number of nitrogens with one attached hydrogen (secondary N) is 2. The summed E-state index contributed by atoms with van der Waals surface area (Å²) in [6, 6.07) is 9.05. The number of rotatable bonds is 7. The lowest BCUT2D eigenvalue weighted by molar-refractivity contribution is 0.0607. The van der Waals surface area contributed by atoms with E-state index in [1.165, 1.54) is 12.1 Å². The van der Waals surface area contributed by atoms with Crippen molar-refractivity contribution in [1.29, 1.82) is 0 Å². The molecule has 1 aliphatic carbocycles. The molecule has 2 N–H and O–H groups in total. The van der Waals surface area contributed by atoms with E-state index in [1.54, 1.807) is 11.0 Å². The fraction of sp³-hybridized carbons (Fsp3) is 0.552. The Morgan fingerprint density at radius 3 is 2.60 bits per heavy atom. The van der Waals surface area contributed by atoms with Gasteiger partial charge in [0.15, 0.2) is 5.65 Å². The third kappa shape index (κ3) is 6.08. The number of anilines is 2. The molecule has 6 rings (SSSR count). The van der Waals surface area contributed by atoms with Crippen LogP contribution in [0.1, 0.15) is 72.2 Å². The molecule has 226 valence electrons. The molecular formula is C29H38ClN7O4S. The van der Waals surface area contributed by atoms with Crippen molar-refractivity contribution >= 4 is 44.7 Å². The van der Waals surface area contributed by atoms with Crippen molar-refractivity contribution in [3.8, 4) is 0 Å². The van der Waals surface area contributed by atoms with Gasteiger partial charge in [0.1, 0.15) is 5.82 Å². The van der Waals surface area contributed by atoms with E-state index >= 15 is 0 Å². The van der Waals surface area contributed by atoms with E-state index in [9.17, 15) is 13.2 Å². The van der Waals surface area contributed by atoms with Gasteiger partial charge in [0, 0.05) is 54.4 Å². The molecule has 0 spiro atoms. The second-order valence-corrected chi connectivity index (χ2v) is 13.7. The second-order valence-electron chi connectivity index (χ2n) is 11.5. The zero-order valence-corrected chi connectivity index (χ0v) is 25.6. The number of hydrogen-bond donors (Lipinski definition) is 2. The van der Waals surface area contributed by atoms with E-state index in [0.29, 0.717) is 36.7 Å². The van der Waals surface area contributed by atoms with Crippen LogP contribution in [-0.4, -0.2) is 86.0 Å². The van der Waals surface area contributed by atoms with Crippen LogP contribution in [0.2, 0.25) is 5.02 Å². The number of ether oxygens (including phenoxy) is 1. The van der Waals surface area contributed by atoms with Crippen molar-refractivity contribution in [2.24, 2.45) is 0 Å². The number of carbonyl (C=O) groups excluding carboxylic acids is 1. The van der Waals surface area contributed by atoms with Gasteiger partial charge in [-0.15, -0.1) is 0 Å². The number of likely N-dealkylation sites (tertiary alicyclic amines) is 1. The number of morpholine rings is 1. The molecule has 3 aromatic rings. The minimum absolute atomic E-state index is 0.212. The van der Waals surface area contributed by atoms with Crippen molar-refractivity contribution in [3.05, 3.63) is 52.3 Å². The summed E-state index contributed by atoms with van der Waals surface area (Å²) >= 11 is 6.27. The summed E-state index contributed by atoms with van der Waals surface area (Å²) in [5, 5.41) is 8.84. The summed E-state index contributed by atoms with van der Waals surface area (Å²) in [6.45, 7) is 3.40. The lowest BCUT2D eigenvalue weighted by atomic mass is 9.98. The van der Waals surface area contributed by atoms with Gasteiger partial charge in [0.25, 0.3) is 5.91 Å². The number of hydrogen-bond acceptors (Lipinski definition) is 8. The Morgan fingerprint density at radius 1 is 1.05 bits per heavy atom. The lowest BCUT2D eigenvalue weighted by Crippen LogP contribution is -2.39. The molecule has 3 aliphatic rings. The number of halogens is 1. The van der Waals surface area contributed by atoms with Gasteiger partial charge < -0.3 is 19.9 Å². The number of sulfonamides is 1. The van der Waals surface area contributed by atoms with Crippen molar-refractivity contribution in [2.45, 2.75) is 56.5 Å². The largest absolute Gasteiger partial charge is 0.378 e. The van der Waals surface area contributed by atoms with Gasteiger partial charge in [-0.25, -0.2) is 13.4 Å². The number of carbonyl (C=O) groups is 1. The Bertz CT molecular complexity index is 1570. The maximum absolute atomic E-state index is 14.0. The maximum atomic E-state index is 14.0. The highest BCUT2D eigenvalue weighted by Gasteiger charge is 2.33. The first-order valence-electron chi connectivity index (χ1n) is 14.7. The third-order valence-electron chi connectivity index (χ3n) is 8.65. The molecule has 3 atom stereocenters. The van der Waals surface area contributed by atoms with Crippen LogP contribution in [0.25, 0.3) is 5.65 Å². The first-order chi connectivity index (χ1) is 20.2. The van der Waals surface area contributed by atoms with E-state index in [2.05, 4.69) is 21.0 Å². The summed E-state index contributed by atoms with van der Waals surface area (Å²) in [6.07, 6.45) is 6.88. The lowest BCUT2D eigenvalue weighted by Gasteiger charge is -2.35. The SMILES string of the molecule is CN[C@@H]1CCC(c2cc(N3CCOCC3)n3nc([C@@H]4CCCCN4C(=O)c4cc(Cl)ccc4NS(C)(=O)=O)cc3n2)C1. The van der Waals surface area contributed by atoms with E-state index < -0.39 is 10.0 Å². The van der Waals surface area contributed by atoms with Gasteiger partial charge >= 0.3 is 0 Å². The predicted octanol–water partition coefficient (Wildman–Crippen LogP) is 3.81. The Balaban J connectivity index is 1.38. The normalized spacial score (nSPS) is 23.5. The summed E-state index contributed by atoms with van der Waals surface area (Å²) < 4.78 is 34.1. The Labute approximate surface area is 251 Å². The van der Waals surface area contributed by atoms with Crippen LogP contribution in [0.3, 0.4) is 0 Å². The molecule has 1 saturated carbocycles. The number of aromatic nitrogens is 3. The molecule has 13 heteroatoms. The molecule has 2 saturated heterocycles. The third-order valence-corrected chi connectivity index (χ3v) is 9.48. The zero-order valence-electron chi connectivity index (χ0n) is 24.1. The Kier molecular flexibility index (Phi) is 8.32. The van der Waals surface area contributed by atoms with Gasteiger partial charge in [0.05, 0.1) is 42.5 Å². The van der Waals surface area contributed by atoms with Gasteiger partial charge in [-0.2, -0.15) is 9.61 Å². The molecule has 0 radical (unpaired) electrons. The minimum atomic E-state index is -3.60. The number of benzene rings is 1. The fourth-order valence-electron chi connectivity index (χ4n) is 6.52. The number of fused-ring (bicyclic) bond motifs is 1. The van der Waals surface area contributed by atoms with Crippen LogP contribution in [0.15, 0.2) is 30.3 Å². The van der Waals surface area contributed by atoms with Crippen molar-refractivity contribution in [1.82, 2.24) is 24.8 Å². The zero-order chi connectivity index (χ0) is 29.4. The van der Waals surface area contributed by atoms with Gasteiger partial charge in [-0.3, -0.25) is 9.52 Å². The maximum Gasteiger partial charge on any atom is 0.256 e. The minimum Gasteiger partial charge on any atom is -0.378 e. The predicted molar refractivity (Wildman–Crippen MR) is 163 cm³/mol. The summed E-state index contributed by atoms with van der Waals surface area (Å²) in [5.74, 6) is 1.10. The van der Waals surface area contributed by atoms with Crippen LogP contribution in [0.5, 0.6) is 0 Å². The standard InChI is InChI=1S/C29H38ClN7O4S/c1-31-21-8-6-19(15-21)24-18-28(35-11-13-41-14-12-35)37-27(32-24)17-25(33-37)26-5-3-4-10-36(26)29(38)22-16-20(30)7-9-23(22)34-42(2,39)40/h7,9,16-19,21,26,31,34H,3-6,8,10-15H2,1-2H3/t19?,21-,26+/m1/s1. The highest BCUT2D eigenvalue weighted by molar-refractivity contribution is 7.92. The topological polar surface area (TPSA) is 121 Å². The number of piperidine rings is 1. The van der Waals surface area contributed by atoms with Gasteiger partial charge in [-0.1, -0.05) is 11.6 Å². The first-order valence-corrected chi connectivity index (χ1v) is 17.0. The van der Waals surface area contributed by atoms with E-state index in [1.807, 2.05) is 17.6 Å². The van der Waals surface area contributed by atoms with Crippen LogP contribution >= 0.6 is 11.6 Å². The molecule has 2 aliphatic heterocycles. The fourth-order valence-corrected chi connectivity index (χ4v) is 7.27. The Morgan fingerprint density at radius 2 is 1.86 bits per heavy atom. The van der Waals surface area contributed by atoms with Crippen LogP contribution in [0.4, 0.5) is 11.5 Å². The molecule has 2 aromatic heterocycles. The van der Waals surface area contributed by atoms with Crippen LogP contribution < -0.4 is 14.9 Å². The summed E-state index contributed by atoms with van der Waals surface area (Å²) in [4.78, 5) is 23.2. The molecule has 42 heavy (non-hydrogen) atoms. The first kappa shape index (κ1) is 29.2. The number of amides is 1.